The summed E-state index contributed by atoms with van der Waals surface area (Å²) in [6.45, 7) is 4.65. The van der Waals surface area contributed by atoms with Gasteiger partial charge in [-0.2, -0.15) is 0 Å². The first-order chi connectivity index (χ1) is 4.74. The highest BCUT2D eigenvalue weighted by atomic mass is 14.4. The maximum atomic E-state index is 2.39. The van der Waals surface area contributed by atoms with Crippen LogP contribution in [0, 0.1) is 5.41 Å². The summed E-state index contributed by atoms with van der Waals surface area (Å²) in [7, 11) is 0. The summed E-state index contributed by atoms with van der Waals surface area (Å²) in [5, 5.41) is 0. The van der Waals surface area contributed by atoms with Gasteiger partial charge in [0, 0.05) is 0 Å². The highest BCUT2D eigenvalue weighted by molar-refractivity contribution is 5.39. The third-order valence-corrected chi connectivity index (χ3v) is 2.91. The van der Waals surface area contributed by atoms with E-state index in [1.807, 2.05) is 0 Å². The second kappa shape index (κ2) is 1.75. The Labute approximate surface area is 62.6 Å². The van der Waals surface area contributed by atoms with Crippen molar-refractivity contribution in [3.8, 4) is 0 Å². The minimum absolute atomic E-state index is 0.582. The molecule has 0 aromatic carbocycles. The topological polar surface area (TPSA) is 0 Å². The molecule has 0 unspecified atom stereocenters. The largest absolute Gasteiger partial charge is 0.0685 e. The van der Waals surface area contributed by atoms with Crippen LogP contribution in [0.25, 0.3) is 0 Å². The van der Waals surface area contributed by atoms with E-state index in [1.54, 1.807) is 11.1 Å². The molecule has 3 aliphatic rings. The molecule has 0 atom stereocenters. The smallest absolute Gasteiger partial charge is 0.00389 e. The van der Waals surface area contributed by atoms with Gasteiger partial charge in [-0.15, -0.1) is 0 Å². The summed E-state index contributed by atoms with van der Waals surface area (Å²) >= 11 is 0. The van der Waals surface area contributed by atoms with Crippen LogP contribution in [0.3, 0.4) is 0 Å². The molecule has 0 spiro atoms. The van der Waals surface area contributed by atoms with E-state index in [2.05, 4.69) is 26.0 Å². The molecule has 2 bridgehead atoms. The van der Waals surface area contributed by atoms with Crippen LogP contribution in [0.4, 0.5) is 0 Å². The first-order valence-corrected chi connectivity index (χ1v) is 4.14. The van der Waals surface area contributed by atoms with E-state index >= 15 is 0 Å². The van der Waals surface area contributed by atoms with Crippen molar-refractivity contribution in [3.05, 3.63) is 23.3 Å². The van der Waals surface area contributed by atoms with E-state index in [0.29, 0.717) is 5.41 Å². The van der Waals surface area contributed by atoms with Crippen molar-refractivity contribution in [3.63, 3.8) is 0 Å². The molecule has 0 aromatic heterocycles. The summed E-state index contributed by atoms with van der Waals surface area (Å²) in [5.41, 5.74) is 3.89. The maximum Gasteiger partial charge on any atom is -0.00389 e. The fourth-order valence-electron chi connectivity index (χ4n) is 2.26. The molecule has 0 aliphatic heterocycles. The molecule has 0 heteroatoms. The van der Waals surface area contributed by atoms with E-state index in [1.165, 1.54) is 19.3 Å². The number of hydrogen-bond donors (Lipinski definition) is 0. The monoisotopic (exact) mass is 134 g/mol. The van der Waals surface area contributed by atoms with E-state index in [0.717, 1.165) is 0 Å². The van der Waals surface area contributed by atoms with Gasteiger partial charge in [-0.3, -0.25) is 0 Å². The zero-order valence-electron chi connectivity index (χ0n) is 6.78. The SMILES string of the molecule is CCC1=CC=C2CC1(C)C2. The molecule has 0 amide bonds. The predicted molar refractivity (Wildman–Crippen MR) is 43.8 cm³/mol. The molecule has 0 radical (unpaired) electrons. The summed E-state index contributed by atoms with van der Waals surface area (Å²) in [5.74, 6) is 0. The molecular formula is C10H14. The lowest BCUT2D eigenvalue weighted by Gasteiger charge is -2.45. The average Bonchev–Trinajstić information content (AvgIpc) is 1.86. The lowest BCUT2D eigenvalue weighted by molar-refractivity contribution is 0.286. The minimum atomic E-state index is 0.582. The lowest BCUT2D eigenvalue weighted by atomic mass is 9.59. The molecular weight excluding hydrogens is 120 g/mol. The van der Waals surface area contributed by atoms with E-state index < -0.39 is 0 Å². The number of rotatable bonds is 1. The third kappa shape index (κ3) is 0.622. The Morgan fingerprint density at radius 2 is 2.10 bits per heavy atom. The van der Waals surface area contributed by atoms with Gasteiger partial charge in [0.15, 0.2) is 0 Å². The van der Waals surface area contributed by atoms with E-state index in [9.17, 15) is 0 Å². The number of fused-ring (bicyclic) bond motifs is 1. The van der Waals surface area contributed by atoms with Crippen molar-refractivity contribution in [2.75, 3.05) is 0 Å². The highest BCUT2D eigenvalue weighted by Gasteiger charge is 2.39. The van der Waals surface area contributed by atoms with Gasteiger partial charge < -0.3 is 0 Å². The van der Waals surface area contributed by atoms with Crippen molar-refractivity contribution in [2.45, 2.75) is 33.1 Å². The van der Waals surface area contributed by atoms with Gasteiger partial charge >= 0.3 is 0 Å². The fourth-order valence-corrected chi connectivity index (χ4v) is 2.26. The van der Waals surface area contributed by atoms with Gasteiger partial charge in [0.2, 0.25) is 0 Å². The number of hydrogen-bond acceptors (Lipinski definition) is 0. The van der Waals surface area contributed by atoms with Crippen LogP contribution in [-0.4, -0.2) is 0 Å². The quantitative estimate of drug-likeness (QED) is 0.517. The molecule has 3 rings (SSSR count). The lowest BCUT2D eigenvalue weighted by Crippen LogP contribution is -2.32. The second-order valence-electron chi connectivity index (χ2n) is 3.78. The fraction of sp³-hybridized carbons (Fsp3) is 0.600. The van der Waals surface area contributed by atoms with Crippen molar-refractivity contribution >= 4 is 0 Å². The van der Waals surface area contributed by atoms with Gasteiger partial charge in [-0.05, 0) is 24.7 Å². The van der Waals surface area contributed by atoms with Gasteiger partial charge in [0.05, 0.1) is 0 Å². The molecule has 10 heavy (non-hydrogen) atoms. The van der Waals surface area contributed by atoms with Gasteiger partial charge in [-0.25, -0.2) is 0 Å². The van der Waals surface area contributed by atoms with Crippen LogP contribution in [0.5, 0.6) is 0 Å². The Bertz CT molecular complexity index is 210. The molecule has 0 nitrogen and oxygen atoms in total. The Morgan fingerprint density at radius 1 is 1.40 bits per heavy atom. The normalized spacial score (nSPS) is 26.6. The van der Waals surface area contributed by atoms with Crippen LogP contribution in [0.15, 0.2) is 23.3 Å². The van der Waals surface area contributed by atoms with E-state index in [4.69, 9.17) is 0 Å². The zero-order valence-corrected chi connectivity index (χ0v) is 6.78. The molecule has 0 heterocycles. The van der Waals surface area contributed by atoms with Gasteiger partial charge in [0.25, 0.3) is 0 Å². The summed E-state index contributed by atoms with van der Waals surface area (Å²) in [6.07, 6.45) is 8.55. The van der Waals surface area contributed by atoms with Crippen LogP contribution in [0.1, 0.15) is 33.1 Å². The standard InChI is InChI=1S/C10H14/c1-3-9-5-4-8-6-10(9,2)7-8/h4-5H,3,6-7H2,1-2H3. The Balaban J connectivity index is 2.32. The van der Waals surface area contributed by atoms with Crippen molar-refractivity contribution in [1.29, 1.82) is 0 Å². The van der Waals surface area contributed by atoms with Crippen LogP contribution < -0.4 is 0 Å². The first kappa shape index (κ1) is 6.21. The van der Waals surface area contributed by atoms with Crippen LogP contribution in [0.2, 0.25) is 0 Å². The van der Waals surface area contributed by atoms with Gasteiger partial charge in [0.1, 0.15) is 0 Å². The summed E-state index contributed by atoms with van der Waals surface area (Å²) in [4.78, 5) is 0. The zero-order chi connectivity index (χ0) is 7.19. The van der Waals surface area contributed by atoms with Crippen LogP contribution in [-0.2, 0) is 0 Å². The molecule has 1 saturated carbocycles. The van der Waals surface area contributed by atoms with Crippen molar-refractivity contribution in [2.24, 2.45) is 5.41 Å². The molecule has 0 aromatic rings. The average molecular weight is 134 g/mol. The molecule has 0 saturated heterocycles. The van der Waals surface area contributed by atoms with Crippen molar-refractivity contribution in [1.82, 2.24) is 0 Å². The minimum Gasteiger partial charge on any atom is -0.0685 e. The first-order valence-electron chi connectivity index (χ1n) is 4.14. The Hall–Kier alpha value is -0.520. The molecule has 1 fully saturated rings. The van der Waals surface area contributed by atoms with E-state index in [-0.39, 0.29) is 0 Å². The molecule has 54 valence electrons. The summed E-state index contributed by atoms with van der Waals surface area (Å²) in [6, 6.07) is 0. The number of allylic oxidation sites excluding steroid dienone is 4. The maximum absolute atomic E-state index is 2.39. The summed E-state index contributed by atoms with van der Waals surface area (Å²) < 4.78 is 0. The van der Waals surface area contributed by atoms with Gasteiger partial charge in [-0.1, -0.05) is 37.1 Å². The highest BCUT2D eigenvalue weighted by Crippen LogP contribution is 2.53. The molecule has 3 aliphatic carbocycles. The second-order valence-corrected chi connectivity index (χ2v) is 3.78. The molecule has 0 N–H and O–H groups in total. The van der Waals surface area contributed by atoms with Crippen molar-refractivity contribution < 1.29 is 0 Å². The Morgan fingerprint density at radius 3 is 2.50 bits per heavy atom. The van der Waals surface area contributed by atoms with Crippen LogP contribution >= 0.6 is 0 Å². The third-order valence-electron chi connectivity index (χ3n) is 2.91. The predicted octanol–water partition coefficient (Wildman–Crippen LogP) is 3.06. The Kier molecular flexibility index (Phi) is 1.08.